The highest BCUT2D eigenvalue weighted by molar-refractivity contribution is 5.96. The fourth-order valence-corrected chi connectivity index (χ4v) is 2.50. The average Bonchev–Trinajstić information content (AvgIpc) is 3.17. The summed E-state index contributed by atoms with van der Waals surface area (Å²) in [6.07, 6.45) is 3.19. The molecule has 0 saturated carbocycles. The molecule has 0 spiro atoms. The molecular formula is C20H20N4O3. The van der Waals surface area contributed by atoms with Crippen LogP contribution in [0.1, 0.15) is 22.8 Å². The van der Waals surface area contributed by atoms with Gasteiger partial charge in [0.25, 0.3) is 5.91 Å². The van der Waals surface area contributed by atoms with Crippen LogP contribution in [0.4, 0.5) is 0 Å². The van der Waals surface area contributed by atoms with Crippen molar-refractivity contribution in [2.24, 2.45) is 5.10 Å². The Hall–Kier alpha value is -3.61. The van der Waals surface area contributed by atoms with Crippen molar-refractivity contribution in [2.45, 2.75) is 6.92 Å². The Labute approximate surface area is 157 Å². The topological polar surface area (TPSA) is 88.6 Å². The van der Waals surface area contributed by atoms with Gasteiger partial charge in [-0.2, -0.15) is 10.2 Å². The summed E-state index contributed by atoms with van der Waals surface area (Å²) < 4.78 is 10.6. The van der Waals surface area contributed by atoms with E-state index >= 15 is 0 Å². The Kier molecular flexibility index (Phi) is 5.84. The summed E-state index contributed by atoms with van der Waals surface area (Å²) in [6, 6.07) is 14.5. The zero-order valence-electron chi connectivity index (χ0n) is 15.1. The number of rotatable bonds is 7. The van der Waals surface area contributed by atoms with E-state index in [2.05, 4.69) is 20.7 Å². The monoisotopic (exact) mass is 364 g/mol. The van der Waals surface area contributed by atoms with Crippen LogP contribution in [0.15, 0.2) is 59.8 Å². The maximum atomic E-state index is 12.2. The number of carbonyl (C=O) groups excluding carboxylic acids is 1. The highest BCUT2D eigenvalue weighted by Gasteiger charge is 2.08. The number of H-pyrrole nitrogens is 1. The van der Waals surface area contributed by atoms with Crippen LogP contribution in [-0.4, -0.2) is 36.0 Å². The molecule has 2 N–H and O–H groups in total. The van der Waals surface area contributed by atoms with Crippen molar-refractivity contribution >= 4 is 12.1 Å². The molecule has 0 saturated heterocycles. The molecule has 0 unspecified atom stereocenters. The lowest BCUT2D eigenvalue weighted by molar-refractivity contribution is 0.0954. The second-order valence-electron chi connectivity index (χ2n) is 5.59. The first-order chi connectivity index (χ1) is 13.2. The zero-order valence-corrected chi connectivity index (χ0v) is 15.1. The summed E-state index contributed by atoms with van der Waals surface area (Å²) in [6.45, 7) is 2.43. The minimum Gasteiger partial charge on any atom is -0.497 e. The molecule has 0 aliphatic carbocycles. The minimum absolute atomic E-state index is 0.317. The van der Waals surface area contributed by atoms with Gasteiger partial charge in [-0.05, 0) is 49.4 Å². The van der Waals surface area contributed by atoms with E-state index < -0.39 is 0 Å². The third-order valence-electron chi connectivity index (χ3n) is 3.82. The number of hydrazone groups is 1. The third-order valence-corrected chi connectivity index (χ3v) is 3.82. The number of amides is 1. The van der Waals surface area contributed by atoms with Crippen LogP contribution in [0.3, 0.4) is 0 Å². The molecule has 7 nitrogen and oxygen atoms in total. The van der Waals surface area contributed by atoms with Gasteiger partial charge in [0.05, 0.1) is 31.8 Å². The van der Waals surface area contributed by atoms with Crippen LogP contribution < -0.4 is 14.9 Å². The summed E-state index contributed by atoms with van der Waals surface area (Å²) in [4.78, 5) is 12.2. The lowest BCUT2D eigenvalue weighted by Crippen LogP contribution is -2.17. The first kappa shape index (κ1) is 18.2. The molecule has 1 heterocycles. The molecule has 138 valence electrons. The summed E-state index contributed by atoms with van der Waals surface area (Å²) in [5, 5.41) is 11.0. The van der Waals surface area contributed by atoms with Crippen LogP contribution in [0.2, 0.25) is 0 Å². The molecule has 1 amide bonds. The van der Waals surface area contributed by atoms with E-state index in [0.29, 0.717) is 17.9 Å². The van der Waals surface area contributed by atoms with Crippen molar-refractivity contribution < 1.29 is 14.3 Å². The van der Waals surface area contributed by atoms with E-state index in [4.69, 9.17) is 9.47 Å². The Bertz CT molecular complexity index is 932. The summed E-state index contributed by atoms with van der Waals surface area (Å²) in [5.74, 6) is 1.10. The standard InChI is InChI=1S/C20H20N4O3/c1-3-27-18-6-4-5-15(11-18)20(25)24-22-13-16-12-21-23-19(16)14-7-9-17(26-2)10-8-14/h4-13H,3H2,1-2H3,(H,21,23)(H,24,25). The molecule has 3 aromatic rings. The van der Waals surface area contributed by atoms with Crippen molar-refractivity contribution in [3.05, 3.63) is 65.9 Å². The van der Waals surface area contributed by atoms with Crippen molar-refractivity contribution in [1.29, 1.82) is 0 Å². The normalized spacial score (nSPS) is 10.7. The minimum atomic E-state index is -0.317. The average molecular weight is 364 g/mol. The van der Waals surface area contributed by atoms with Crippen molar-refractivity contribution in [3.63, 3.8) is 0 Å². The molecule has 7 heteroatoms. The van der Waals surface area contributed by atoms with Gasteiger partial charge in [0.2, 0.25) is 0 Å². The van der Waals surface area contributed by atoms with E-state index in [1.165, 1.54) is 0 Å². The van der Waals surface area contributed by atoms with Crippen LogP contribution in [0.25, 0.3) is 11.3 Å². The van der Waals surface area contributed by atoms with Gasteiger partial charge in [0.1, 0.15) is 11.5 Å². The van der Waals surface area contributed by atoms with Gasteiger partial charge in [0.15, 0.2) is 0 Å². The molecule has 3 rings (SSSR count). The lowest BCUT2D eigenvalue weighted by Gasteiger charge is -2.05. The first-order valence-electron chi connectivity index (χ1n) is 8.45. The number of hydrogen-bond donors (Lipinski definition) is 2. The summed E-state index contributed by atoms with van der Waals surface area (Å²) in [5.41, 5.74) is 5.48. The van der Waals surface area contributed by atoms with Gasteiger partial charge in [-0.15, -0.1) is 0 Å². The first-order valence-corrected chi connectivity index (χ1v) is 8.45. The van der Waals surface area contributed by atoms with Crippen LogP contribution in [0.5, 0.6) is 11.5 Å². The predicted octanol–water partition coefficient (Wildman–Crippen LogP) is 3.25. The SMILES string of the molecule is CCOc1cccc(C(=O)NN=Cc2cn[nH]c2-c2ccc(OC)cc2)c1. The maximum Gasteiger partial charge on any atom is 0.271 e. The number of nitrogens with one attached hydrogen (secondary N) is 2. The summed E-state index contributed by atoms with van der Waals surface area (Å²) in [7, 11) is 1.62. The van der Waals surface area contributed by atoms with Gasteiger partial charge < -0.3 is 9.47 Å². The van der Waals surface area contributed by atoms with E-state index in [1.807, 2.05) is 31.2 Å². The van der Waals surface area contributed by atoms with Crippen LogP contribution in [-0.2, 0) is 0 Å². The molecule has 0 aliphatic rings. The van der Waals surface area contributed by atoms with Gasteiger partial charge in [-0.25, -0.2) is 5.43 Å². The lowest BCUT2D eigenvalue weighted by atomic mass is 10.1. The maximum absolute atomic E-state index is 12.2. The molecule has 0 fully saturated rings. The smallest absolute Gasteiger partial charge is 0.271 e. The highest BCUT2D eigenvalue weighted by Crippen LogP contribution is 2.22. The van der Waals surface area contributed by atoms with Crippen molar-refractivity contribution in [3.8, 4) is 22.8 Å². The number of aromatic nitrogens is 2. The molecular weight excluding hydrogens is 344 g/mol. The van der Waals surface area contributed by atoms with E-state index in [1.54, 1.807) is 43.8 Å². The van der Waals surface area contributed by atoms with Gasteiger partial charge >= 0.3 is 0 Å². The number of methoxy groups -OCH3 is 1. The fourth-order valence-electron chi connectivity index (χ4n) is 2.50. The molecule has 0 bridgehead atoms. The summed E-state index contributed by atoms with van der Waals surface area (Å²) >= 11 is 0. The highest BCUT2D eigenvalue weighted by atomic mass is 16.5. The number of nitrogens with zero attached hydrogens (tertiary/aromatic N) is 2. The molecule has 1 aromatic heterocycles. The van der Waals surface area contributed by atoms with Gasteiger partial charge in [-0.1, -0.05) is 6.07 Å². The number of benzene rings is 2. The van der Waals surface area contributed by atoms with E-state index in [-0.39, 0.29) is 5.91 Å². The predicted molar refractivity (Wildman–Crippen MR) is 103 cm³/mol. The second-order valence-corrected chi connectivity index (χ2v) is 5.59. The molecule has 0 radical (unpaired) electrons. The van der Waals surface area contributed by atoms with E-state index in [0.717, 1.165) is 22.6 Å². The largest absolute Gasteiger partial charge is 0.497 e. The number of hydrogen-bond acceptors (Lipinski definition) is 5. The van der Waals surface area contributed by atoms with Gasteiger partial charge in [0, 0.05) is 16.7 Å². The van der Waals surface area contributed by atoms with Crippen molar-refractivity contribution in [1.82, 2.24) is 15.6 Å². The number of aromatic amines is 1. The molecule has 2 aromatic carbocycles. The Morgan fingerprint density at radius 2 is 2.04 bits per heavy atom. The fraction of sp³-hybridized carbons (Fsp3) is 0.150. The zero-order chi connectivity index (χ0) is 19.1. The van der Waals surface area contributed by atoms with Crippen LogP contribution >= 0.6 is 0 Å². The van der Waals surface area contributed by atoms with E-state index in [9.17, 15) is 4.79 Å². The van der Waals surface area contributed by atoms with Crippen molar-refractivity contribution in [2.75, 3.05) is 13.7 Å². The Morgan fingerprint density at radius 3 is 2.78 bits per heavy atom. The van der Waals surface area contributed by atoms with Crippen LogP contribution in [0, 0.1) is 0 Å². The molecule has 0 atom stereocenters. The number of carbonyl (C=O) groups is 1. The molecule has 0 aliphatic heterocycles. The Balaban J connectivity index is 1.69. The number of ether oxygens (including phenoxy) is 2. The quantitative estimate of drug-likeness (QED) is 0.497. The Morgan fingerprint density at radius 1 is 1.22 bits per heavy atom. The second kappa shape index (κ2) is 8.66. The van der Waals surface area contributed by atoms with Gasteiger partial charge in [-0.3, -0.25) is 9.89 Å². The third kappa shape index (κ3) is 4.52. The molecule has 27 heavy (non-hydrogen) atoms.